The predicted molar refractivity (Wildman–Crippen MR) is 81.4 cm³/mol. The Labute approximate surface area is 114 Å². The zero-order chi connectivity index (χ0) is 13.2. The van der Waals surface area contributed by atoms with Crippen LogP contribution in [0.2, 0.25) is 0 Å². The van der Waals surface area contributed by atoms with Crippen LogP contribution in [0, 0.1) is 5.92 Å². The number of hydrogen-bond acceptors (Lipinski definition) is 3. The van der Waals surface area contributed by atoms with E-state index < -0.39 is 0 Å². The Balaban J connectivity index is 1.93. The summed E-state index contributed by atoms with van der Waals surface area (Å²) >= 11 is 0. The van der Waals surface area contributed by atoms with Gasteiger partial charge in [-0.3, -0.25) is 4.98 Å². The molecule has 19 heavy (non-hydrogen) atoms. The van der Waals surface area contributed by atoms with Gasteiger partial charge in [-0.25, -0.2) is 0 Å². The van der Waals surface area contributed by atoms with Gasteiger partial charge in [0.25, 0.3) is 0 Å². The Hall–Kier alpha value is -1.77. The van der Waals surface area contributed by atoms with Crippen LogP contribution in [0.5, 0.6) is 0 Å². The highest BCUT2D eigenvalue weighted by Crippen LogP contribution is 2.32. The number of aromatic nitrogens is 1. The summed E-state index contributed by atoms with van der Waals surface area (Å²) in [7, 11) is 2.18. The molecule has 1 fully saturated rings. The minimum Gasteiger partial charge on any atom is -0.398 e. The highest BCUT2D eigenvalue weighted by molar-refractivity contribution is 6.00. The molecule has 0 saturated heterocycles. The highest BCUT2D eigenvalue weighted by atomic mass is 15.1. The number of rotatable bonds is 3. The minimum absolute atomic E-state index is 0.807. The largest absolute Gasteiger partial charge is 0.398 e. The van der Waals surface area contributed by atoms with E-state index in [2.05, 4.69) is 29.1 Å². The molecule has 0 bridgehead atoms. The lowest BCUT2D eigenvalue weighted by Gasteiger charge is -2.24. The second kappa shape index (κ2) is 5.08. The molecule has 0 atom stereocenters. The number of benzene rings is 1. The number of anilines is 2. The third kappa shape index (κ3) is 2.37. The van der Waals surface area contributed by atoms with Crippen LogP contribution < -0.4 is 10.6 Å². The van der Waals surface area contributed by atoms with Crippen molar-refractivity contribution in [3.8, 4) is 0 Å². The SMILES string of the molecule is CN(CC1CCCC1)c1ccc(N)c2cnccc12. The molecule has 3 rings (SSSR count). The van der Waals surface area contributed by atoms with Gasteiger partial charge in [0.15, 0.2) is 0 Å². The van der Waals surface area contributed by atoms with Gasteiger partial charge in [0.1, 0.15) is 0 Å². The summed E-state index contributed by atoms with van der Waals surface area (Å²) in [6, 6.07) is 6.18. The summed E-state index contributed by atoms with van der Waals surface area (Å²) < 4.78 is 0. The quantitative estimate of drug-likeness (QED) is 0.854. The molecule has 1 aromatic heterocycles. The van der Waals surface area contributed by atoms with Crippen molar-refractivity contribution in [2.24, 2.45) is 5.92 Å². The van der Waals surface area contributed by atoms with E-state index in [9.17, 15) is 0 Å². The van der Waals surface area contributed by atoms with Gasteiger partial charge in [0.2, 0.25) is 0 Å². The summed E-state index contributed by atoms with van der Waals surface area (Å²) in [6.07, 6.45) is 9.24. The third-order valence-electron chi connectivity index (χ3n) is 4.25. The van der Waals surface area contributed by atoms with Gasteiger partial charge in [-0.1, -0.05) is 12.8 Å². The molecule has 3 heteroatoms. The third-order valence-corrected chi connectivity index (χ3v) is 4.25. The van der Waals surface area contributed by atoms with E-state index in [0.717, 1.165) is 23.5 Å². The van der Waals surface area contributed by atoms with Crippen LogP contribution in [0.15, 0.2) is 30.6 Å². The second-order valence-corrected chi connectivity index (χ2v) is 5.63. The summed E-state index contributed by atoms with van der Waals surface area (Å²) in [5.41, 5.74) is 8.10. The van der Waals surface area contributed by atoms with Crippen molar-refractivity contribution in [3.63, 3.8) is 0 Å². The van der Waals surface area contributed by atoms with Crippen molar-refractivity contribution in [2.75, 3.05) is 24.2 Å². The van der Waals surface area contributed by atoms with E-state index in [1.165, 1.54) is 36.8 Å². The summed E-state index contributed by atoms with van der Waals surface area (Å²) in [6.45, 7) is 1.14. The van der Waals surface area contributed by atoms with Crippen LogP contribution in [0.25, 0.3) is 10.8 Å². The van der Waals surface area contributed by atoms with Crippen molar-refractivity contribution >= 4 is 22.1 Å². The molecule has 1 heterocycles. The first-order valence-corrected chi connectivity index (χ1v) is 7.09. The fourth-order valence-electron chi connectivity index (χ4n) is 3.21. The Morgan fingerprint density at radius 1 is 1.21 bits per heavy atom. The van der Waals surface area contributed by atoms with E-state index in [1.54, 1.807) is 0 Å². The maximum absolute atomic E-state index is 6.03. The molecule has 2 N–H and O–H groups in total. The molecule has 0 aliphatic heterocycles. The van der Waals surface area contributed by atoms with Crippen LogP contribution in [0.4, 0.5) is 11.4 Å². The standard InChI is InChI=1S/C16H21N3/c1-19(11-12-4-2-3-5-12)16-7-6-15(17)14-10-18-9-8-13(14)16/h6-10,12H,2-5,11,17H2,1H3. The Morgan fingerprint density at radius 2 is 2.00 bits per heavy atom. The van der Waals surface area contributed by atoms with Crippen LogP contribution >= 0.6 is 0 Å². The Bertz CT molecular complexity index is 573. The summed E-state index contributed by atoms with van der Waals surface area (Å²) in [4.78, 5) is 6.55. The van der Waals surface area contributed by atoms with Crippen LogP contribution in [-0.4, -0.2) is 18.6 Å². The number of nitrogens with two attached hydrogens (primary N) is 1. The Morgan fingerprint density at radius 3 is 2.79 bits per heavy atom. The first-order valence-electron chi connectivity index (χ1n) is 7.09. The molecule has 100 valence electrons. The predicted octanol–water partition coefficient (Wildman–Crippen LogP) is 3.44. The van der Waals surface area contributed by atoms with Crippen molar-refractivity contribution in [1.82, 2.24) is 4.98 Å². The molecule has 0 amide bonds. The smallest absolute Gasteiger partial charge is 0.0446 e. The van der Waals surface area contributed by atoms with Gasteiger partial charge in [-0.05, 0) is 37.0 Å². The zero-order valence-electron chi connectivity index (χ0n) is 11.5. The van der Waals surface area contributed by atoms with Gasteiger partial charge < -0.3 is 10.6 Å². The first-order chi connectivity index (χ1) is 9.25. The molecule has 3 nitrogen and oxygen atoms in total. The molecule has 1 aliphatic rings. The summed E-state index contributed by atoms with van der Waals surface area (Å²) in [5, 5.41) is 2.26. The Kier molecular flexibility index (Phi) is 3.28. The molecule has 1 aliphatic carbocycles. The minimum atomic E-state index is 0.807. The molecular formula is C16H21N3. The summed E-state index contributed by atoms with van der Waals surface area (Å²) in [5.74, 6) is 0.847. The van der Waals surface area contributed by atoms with Crippen LogP contribution in [0.3, 0.4) is 0 Å². The molecule has 1 saturated carbocycles. The van der Waals surface area contributed by atoms with Crippen LogP contribution in [-0.2, 0) is 0 Å². The van der Waals surface area contributed by atoms with E-state index in [0.29, 0.717) is 0 Å². The lowest BCUT2D eigenvalue weighted by Crippen LogP contribution is -2.24. The first kappa shape index (κ1) is 12.3. The lowest BCUT2D eigenvalue weighted by molar-refractivity contribution is 0.547. The van der Waals surface area contributed by atoms with E-state index in [4.69, 9.17) is 5.73 Å². The zero-order valence-corrected chi connectivity index (χ0v) is 11.5. The fourth-order valence-corrected chi connectivity index (χ4v) is 3.21. The lowest BCUT2D eigenvalue weighted by atomic mass is 10.1. The van der Waals surface area contributed by atoms with E-state index in [-0.39, 0.29) is 0 Å². The molecular weight excluding hydrogens is 234 g/mol. The number of pyridine rings is 1. The number of hydrogen-bond donors (Lipinski definition) is 1. The highest BCUT2D eigenvalue weighted by Gasteiger charge is 2.18. The molecule has 0 unspecified atom stereocenters. The van der Waals surface area contributed by atoms with Crippen molar-refractivity contribution in [2.45, 2.75) is 25.7 Å². The number of fused-ring (bicyclic) bond motifs is 1. The van der Waals surface area contributed by atoms with Gasteiger partial charge in [0.05, 0.1) is 0 Å². The van der Waals surface area contributed by atoms with Gasteiger partial charge in [-0.2, -0.15) is 0 Å². The maximum Gasteiger partial charge on any atom is 0.0446 e. The monoisotopic (exact) mass is 255 g/mol. The van der Waals surface area contributed by atoms with Gasteiger partial charge in [-0.15, -0.1) is 0 Å². The van der Waals surface area contributed by atoms with E-state index in [1.807, 2.05) is 18.5 Å². The number of nitrogen functional groups attached to an aromatic ring is 1. The van der Waals surface area contributed by atoms with E-state index >= 15 is 0 Å². The molecule has 1 aromatic carbocycles. The molecule has 2 aromatic rings. The van der Waals surface area contributed by atoms with Crippen molar-refractivity contribution < 1.29 is 0 Å². The number of nitrogens with zero attached hydrogens (tertiary/aromatic N) is 2. The van der Waals surface area contributed by atoms with Gasteiger partial charge >= 0.3 is 0 Å². The second-order valence-electron chi connectivity index (χ2n) is 5.63. The van der Waals surface area contributed by atoms with Crippen LogP contribution in [0.1, 0.15) is 25.7 Å². The molecule has 0 radical (unpaired) electrons. The normalized spacial score (nSPS) is 16.1. The topological polar surface area (TPSA) is 42.1 Å². The fraction of sp³-hybridized carbons (Fsp3) is 0.438. The average molecular weight is 255 g/mol. The van der Waals surface area contributed by atoms with Crippen molar-refractivity contribution in [1.29, 1.82) is 0 Å². The van der Waals surface area contributed by atoms with Gasteiger partial charge in [0, 0.05) is 48.1 Å². The average Bonchev–Trinajstić information content (AvgIpc) is 2.92. The molecule has 0 spiro atoms. The maximum atomic E-state index is 6.03. The van der Waals surface area contributed by atoms with Crippen molar-refractivity contribution in [3.05, 3.63) is 30.6 Å².